The van der Waals surface area contributed by atoms with Gasteiger partial charge in [0.05, 0.1) is 6.10 Å². The fourth-order valence-corrected chi connectivity index (χ4v) is 2.18. The van der Waals surface area contributed by atoms with E-state index in [4.69, 9.17) is 4.84 Å². The first kappa shape index (κ1) is 11.2. The maximum atomic E-state index is 11.9. The van der Waals surface area contributed by atoms with Crippen LogP contribution in [0.2, 0.25) is 0 Å². The quantitative estimate of drug-likeness (QED) is 0.805. The van der Waals surface area contributed by atoms with Gasteiger partial charge in [-0.15, -0.1) is 0 Å². The van der Waals surface area contributed by atoms with Gasteiger partial charge in [0.2, 0.25) is 0 Å². The van der Waals surface area contributed by atoms with Crippen molar-refractivity contribution in [3.05, 3.63) is 23.8 Å². The predicted octanol–water partition coefficient (Wildman–Crippen LogP) is 1.56. The Morgan fingerprint density at radius 3 is 2.89 bits per heavy atom. The van der Waals surface area contributed by atoms with Crippen LogP contribution in [0.1, 0.15) is 36.0 Å². The van der Waals surface area contributed by atoms with Crippen LogP contribution in [-0.4, -0.2) is 27.4 Å². The summed E-state index contributed by atoms with van der Waals surface area (Å²) in [5.74, 6) is -0.244. The zero-order valence-electron chi connectivity index (χ0n) is 9.85. The summed E-state index contributed by atoms with van der Waals surface area (Å²) in [6.07, 6.45) is 4.53. The molecule has 1 aliphatic rings. The predicted molar refractivity (Wildman–Crippen MR) is 64.7 cm³/mol. The van der Waals surface area contributed by atoms with Crippen molar-refractivity contribution in [3.63, 3.8) is 0 Å². The fourth-order valence-electron chi connectivity index (χ4n) is 2.18. The van der Waals surface area contributed by atoms with Crippen LogP contribution in [0.5, 0.6) is 0 Å². The Balaban J connectivity index is 1.67. The second kappa shape index (κ2) is 4.73. The molecule has 2 N–H and O–H groups in total. The molecule has 6 heteroatoms. The third-order valence-electron chi connectivity index (χ3n) is 3.20. The third kappa shape index (κ3) is 2.19. The fraction of sp³-hybridized carbons (Fsp3) is 0.417. The molecule has 1 aromatic carbocycles. The van der Waals surface area contributed by atoms with E-state index in [1.165, 1.54) is 12.8 Å². The second-order valence-electron chi connectivity index (χ2n) is 4.48. The number of aromatic nitrogens is 3. The van der Waals surface area contributed by atoms with E-state index >= 15 is 0 Å². The average molecular weight is 246 g/mol. The lowest BCUT2D eigenvalue weighted by atomic mass is 10.2. The molecule has 18 heavy (non-hydrogen) atoms. The number of nitrogens with zero attached hydrogens (tertiary/aromatic N) is 2. The molecule has 0 unspecified atom stereocenters. The molecule has 1 fully saturated rings. The van der Waals surface area contributed by atoms with E-state index in [-0.39, 0.29) is 12.0 Å². The highest BCUT2D eigenvalue weighted by Crippen LogP contribution is 2.20. The number of nitrogens with one attached hydrogen (secondary N) is 2. The van der Waals surface area contributed by atoms with Crippen LogP contribution in [0.3, 0.4) is 0 Å². The summed E-state index contributed by atoms with van der Waals surface area (Å²) in [5.41, 5.74) is 4.43. The molecule has 1 saturated carbocycles. The van der Waals surface area contributed by atoms with Gasteiger partial charge >= 0.3 is 0 Å². The summed E-state index contributed by atoms with van der Waals surface area (Å²) in [6.45, 7) is 0. The normalized spacial score (nSPS) is 16.2. The van der Waals surface area contributed by atoms with Crippen molar-refractivity contribution in [3.8, 4) is 0 Å². The first-order valence-electron chi connectivity index (χ1n) is 6.09. The summed E-state index contributed by atoms with van der Waals surface area (Å²) >= 11 is 0. The van der Waals surface area contributed by atoms with Gasteiger partial charge in [-0.3, -0.25) is 9.63 Å². The minimum absolute atomic E-state index is 0.157. The van der Waals surface area contributed by atoms with E-state index in [0.29, 0.717) is 11.1 Å². The number of hydrogen-bond acceptors (Lipinski definition) is 4. The van der Waals surface area contributed by atoms with Gasteiger partial charge in [-0.2, -0.15) is 15.4 Å². The van der Waals surface area contributed by atoms with Crippen LogP contribution in [0, 0.1) is 0 Å². The number of fused-ring (bicyclic) bond motifs is 1. The molecule has 0 radical (unpaired) electrons. The van der Waals surface area contributed by atoms with Gasteiger partial charge in [-0.25, -0.2) is 5.48 Å². The molecule has 94 valence electrons. The Morgan fingerprint density at radius 1 is 1.28 bits per heavy atom. The second-order valence-corrected chi connectivity index (χ2v) is 4.48. The first-order valence-corrected chi connectivity index (χ1v) is 6.09. The number of benzene rings is 1. The average Bonchev–Trinajstić information content (AvgIpc) is 3.05. The third-order valence-corrected chi connectivity index (χ3v) is 3.20. The van der Waals surface area contributed by atoms with Crippen LogP contribution in [0.4, 0.5) is 0 Å². The Bertz CT molecular complexity index is 560. The van der Waals surface area contributed by atoms with E-state index in [1.807, 2.05) is 0 Å². The molecule has 0 saturated heterocycles. The summed E-state index contributed by atoms with van der Waals surface area (Å²) in [4.78, 5) is 17.2. The van der Waals surface area contributed by atoms with Gasteiger partial charge in [0.25, 0.3) is 5.91 Å². The number of aromatic amines is 1. The smallest absolute Gasteiger partial charge is 0.270 e. The van der Waals surface area contributed by atoms with Crippen molar-refractivity contribution in [2.45, 2.75) is 31.8 Å². The molecule has 0 spiro atoms. The molecule has 1 aromatic heterocycles. The number of hydroxylamine groups is 1. The monoisotopic (exact) mass is 246 g/mol. The van der Waals surface area contributed by atoms with Gasteiger partial charge < -0.3 is 0 Å². The van der Waals surface area contributed by atoms with Crippen LogP contribution in [0.15, 0.2) is 18.2 Å². The van der Waals surface area contributed by atoms with Crippen molar-refractivity contribution < 1.29 is 9.63 Å². The molecular weight excluding hydrogens is 232 g/mol. The van der Waals surface area contributed by atoms with Crippen molar-refractivity contribution in [2.24, 2.45) is 0 Å². The van der Waals surface area contributed by atoms with Gasteiger partial charge in [-0.05, 0) is 31.0 Å². The molecule has 6 nitrogen and oxygen atoms in total. The molecule has 0 aliphatic heterocycles. The van der Waals surface area contributed by atoms with Gasteiger partial charge in [0.15, 0.2) is 0 Å². The molecular formula is C12H14N4O2. The van der Waals surface area contributed by atoms with E-state index < -0.39 is 0 Å². The largest absolute Gasteiger partial charge is 0.274 e. The van der Waals surface area contributed by atoms with Crippen molar-refractivity contribution in [2.75, 3.05) is 0 Å². The minimum atomic E-state index is -0.244. The number of rotatable bonds is 3. The van der Waals surface area contributed by atoms with Crippen LogP contribution >= 0.6 is 0 Å². The molecule has 0 bridgehead atoms. The standard InChI is InChI=1S/C12H14N4O2/c17-12(15-18-9-3-1-2-4-9)8-5-6-10-11(7-8)14-16-13-10/h5-7,9H,1-4H2,(H,15,17)(H,13,14,16). The Kier molecular flexibility index (Phi) is 2.93. The number of hydrogen-bond donors (Lipinski definition) is 2. The number of carbonyl (C=O) groups excluding carboxylic acids is 1. The highest BCUT2D eigenvalue weighted by Gasteiger charge is 2.17. The Morgan fingerprint density at radius 2 is 2.06 bits per heavy atom. The maximum absolute atomic E-state index is 11.9. The SMILES string of the molecule is O=C(NOC1CCCC1)c1ccc2n[nH]nc2c1. The van der Waals surface area contributed by atoms with Gasteiger partial charge in [0, 0.05) is 5.56 Å². The first-order chi connectivity index (χ1) is 8.83. The highest BCUT2D eigenvalue weighted by atomic mass is 16.7. The molecule has 3 rings (SSSR count). The number of H-pyrrole nitrogens is 1. The lowest BCUT2D eigenvalue weighted by molar-refractivity contribution is -0.0124. The molecule has 2 aromatic rings. The Hall–Kier alpha value is -1.95. The summed E-state index contributed by atoms with van der Waals surface area (Å²) in [6, 6.07) is 5.15. The van der Waals surface area contributed by atoms with E-state index in [9.17, 15) is 4.79 Å². The van der Waals surface area contributed by atoms with Gasteiger partial charge in [0.1, 0.15) is 11.0 Å². The lowest BCUT2D eigenvalue weighted by Crippen LogP contribution is -2.28. The van der Waals surface area contributed by atoms with Crippen LogP contribution < -0.4 is 5.48 Å². The molecule has 1 heterocycles. The zero-order valence-corrected chi connectivity index (χ0v) is 9.85. The molecule has 1 aliphatic carbocycles. The van der Waals surface area contributed by atoms with Crippen LogP contribution in [-0.2, 0) is 4.84 Å². The zero-order chi connectivity index (χ0) is 12.4. The lowest BCUT2D eigenvalue weighted by Gasteiger charge is -2.11. The van der Waals surface area contributed by atoms with Crippen molar-refractivity contribution in [1.82, 2.24) is 20.9 Å². The molecule has 1 amide bonds. The Labute approximate surface area is 104 Å². The number of carbonyl (C=O) groups is 1. The van der Waals surface area contributed by atoms with Crippen LogP contribution in [0.25, 0.3) is 11.0 Å². The van der Waals surface area contributed by atoms with Gasteiger partial charge in [-0.1, -0.05) is 12.8 Å². The number of amides is 1. The summed E-state index contributed by atoms with van der Waals surface area (Å²) in [7, 11) is 0. The maximum Gasteiger partial charge on any atom is 0.274 e. The highest BCUT2D eigenvalue weighted by molar-refractivity contribution is 5.96. The topological polar surface area (TPSA) is 79.9 Å². The van der Waals surface area contributed by atoms with E-state index in [0.717, 1.165) is 18.4 Å². The van der Waals surface area contributed by atoms with Crippen molar-refractivity contribution >= 4 is 16.9 Å². The molecule has 0 atom stereocenters. The van der Waals surface area contributed by atoms with E-state index in [2.05, 4.69) is 20.9 Å². The van der Waals surface area contributed by atoms with Crippen molar-refractivity contribution in [1.29, 1.82) is 0 Å². The summed E-state index contributed by atoms with van der Waals surface area (Å²) < 4.78 is 0. The summed E-state index contributed by atoms with van der Waals surface area (Å²) in [5, 5.41) is 10.4. The van der Waals surface area contributed by atoms with E-state index in [1.54, 1.807) is 18.2 Å². The minimum Gasteiger partial charge on any atom is -0.270 e.